The van der Waals surface area contributed by atoms with Crippen LogP contribution in [0.25, 0.3) is 10.7 Å². The maximum atomic E-state index is 6.05. The SMILES string of the molecule is CC1(C)CCC(Cn2ccnc2-c2cccs2)O1. The van der Waals surface area contributed by atoms with Gasteiger partial charge in [0.1, 0.15) is 5.82 Å². The van der Waals surface area contributed by atoms with Crippen LogP contribution in [0.2, 0.25) is 0 Å². The summed E-state index contributed by atoms with van der Waals surface area (Å²) < 4.78 is 8.26. The minimum atomic E-state index is 0.0361. The first-order valence-electron chi connectivity index (χ1n) is 6.37. The Morgan fingerprint density at radius 3 is 3.11 bits per heavy atom. The van der Waals surface area contributed by atoms with Crippen LogP contribution in [0.4, 0.5) is 0 Å². The Hall–Kier alpha value is -1.13. The van der Waals surface area contributed by atoms with Crippen molar-refractivity contribution in [3.8, 4) is 10.7 Å². The summed E-state index contributed by atoms with van der Waals surface area (Å²) in [7, 11) is 0. The number of rotatable bonds is 3. The van der Waals surface area contributed by atoms with Crippen LogP contribution in [0, 0.1) is 0 Å². The average molecular weight is 262 g/mol. The van der Waals surface area contributed by atoms with E-state index in [0.29, 0.717) is 6.10 Å². The molecule has 2 aromatic heterocycles. The molecular weight excluding hydrogens is 244 g/mol. The molecule has 0 amide bonds. The highest BCUT2D eigenvalue weighted by atomic mass is 32.1. The van der Waals surface area contributed by atoms with Crippen LogP contribution in [-0.2, 0) is 11.3 Å². The van der Waals surface area contributed by atoms with E-state index in [2.05, 4.69) is 40.9 Å². The second kappa shape index (κ2) is 4.52. The van der Waals surface area contributed by atoms with Crippen molar-refractivity contribution >= 4 is 11.3 Å². The third-order valence-electron chi connectivity index (χ3n) is 3.41. The molecule has 1 aliphatic heterocycles. The number of hydrogen-bond donors (Lipinski definition) is 0. The monoisotopic (exact) mass is 262 g/mol. The lowest BCUT2D eigenvalue weighted by atomic mass is 10.1. The van der Waals surface area contributed by atoms with Gasteiger partial charge in [-0.2, -0.15) is 0 Å². The van der Waals surface area contributed by atoms with Crippen molar-refractivity contribution in [2.45, 2.75) is 44.9 Å². The van der Waals surface area contributed by atoms with Gasteiger partial charge >= 0.3 is 0 Å². The molecular formula is C14H18N2OS. The van der Waals surface area contributed by atoms with E-state index < -0.39 is 0 Å². The molecule has 0 spiro atoms. The van der Waals surface area contributed by atoms with E-state index in [4.69, 9.17) is 4.74 Å². The van der Waals surface area contributed by atoms with Gasteiger partial charge in [-0.05, 0) is 38.1 Å². The second-order valence-corrected chi connectivity index (χ2v) is 6.37. The molecule has 1 saturated heterocycles. The number of thiophene rings is 1. The molecule has 3 rings (SSSR count). The summed E-state index contributed by atoms with van der Waals surface area (Å²) in [5.74, 6) is 1.05. The molecule has 0 bridgehead atoms. The zero-order valence-corrected chi connectivity index (χ0v) is 11.6. The number of ether oxygens (including phenoxy) is 1. The van der Waals surface area contributed by atoms with Gasteiger partial charge in [-0.1, -0.05) is 6.07 Å². The van der Waals surface area contributed by atoms with E-state index in [9.17, 15) is 0 Å². The van der Waals surface area contributed by atoms with Crippen LogP contribution >= 0.6 is 11.3 Å². The van der Waals surface area contributed by atoms with Gasteiger partial charge in [-0.3, -0.25) is 0 Å². The fourth-order valence-corrected chi connectivity index (χ4v) is 3.25. The molecule has 96 valence electrons. The second-order valence-electron chi connectivity index (χ2n) is 5.42. The molecule has 4 heteroatoms. The van der Waals surface area contributed by atoms with Crippen LogP contribution in [0.3, 0.4) is 0 Å². The lowest BCUT2D eigenvalue weighted by Crippen LogP contribution is -2.23. The predicted molar refractivity (Wildman–Crippen MR) is 73.7 cm³/mol. The van der Waals surface area contributed by atoms with Crippen molar-refractivity contribution in [2.24, 2.45) is 0 Å². The summed E-state index contributed by atoms with van der Waals surface area (Å²) in [4.78, 5) is 5.67. The number of imidazole rings is 1. The highest BCUT2D eigenvalue weighted by Crippen LogP contribution is 2.31. The van der Waals surface area contributed by atoms with Crippen molar-refractivity contribution in [2.75, 3.05) is 0 Å². The van der Waals surface area contributed by atoms with Gasteiger partial charge < -0.3 is 9.30 Å². The minimum absolute atomic E-state index is 0.0361. The standard InChI is InChI=1S/C14H18N2OS/c1-14(2)6-5-11(17-14)10-16-8-7-15-13(16)12-4-3-9-18-12/h3-4,7-9,11H,5-6,10H2,1-2H3. The average Bonchev–Trinajstić information content (AvgIpc) is 2.99. The van der Waals surface area contributed by atoms with Gasteiger partial charge in [0.2, 0.25) is 0 Å². The summed E-state index contributed by atoms with van der Waals surface area (Å²) in [5.41, 5.74) is 0.0361. The minimum Gasteiger partial charge on any atom is -0.370 e. The summed E-state index contributed by atoms with van der Waals surface area (Å²) in [6.45, 7) is 5.23. The summed E-state index contributed by atoms with van der Waals surface area (Å²) in [6, 6.07) is 4.18. The van der Waals surface area contributed by atoms with Crippen LogP contribution in [0.1, 0.15) is 26.7 Å². The fraction of sp³-hybridized carbons (Fsp3) is 0.500. The maximum absolute atomic E-state index is 6.05. The van der Waals surface area contributed by atoms with Crippen molar-refractivity contribution in [1.82, 2.24) is 9.55 Å². The summed E-state index contributed by atoms with van der Waals surface area (Å²) >= 11 is 1.73. The summed E-state index contributed by atoms with van der Waals surface area (Å²) in [6.07, 6.45) is 6.50. The Kier molecular flexibility index (Phi) is 2.99. The van der Waals surface area contributed by atoms with Crippen LogP contribution in [0.5, 0.6) is 0 Å². The molecule has 2 aromatic rings. The number of aromatic nitrogens is 2. The normalized spacial score (nSPS) is 22.4. The molecule has 1 atom stereocenters. The molecule has 18 heavy (non-hydrogen) atoms. The van der Waals surface area contributed by atoms with E-state index in [0.717, 1.165) is 25.2 Å². The van der Waals surface area contributed by atoms with Crippen molar-refractivity contribution in [1.29, 1.82) is 0 Å². The van der Waals surface area contributed by atoms with E-state index in [1.165, 1.54) is 4.88 Å². The van der Waals surface area contributed by atoms with E-state index >= 15 is 0 Å². The van der Waals surface area contributed by atoms with Gasteiger partial charge in [-0.15, -0.1) is 11.3 Å². The first kappa shape index (κ1) is 11.9. The Bertz CT molecular complexity index is 516. The van der Waals surface area contributed by atoms with Crippen LogP contribution in [0.15, 0.2) is 29.9 Å². The first-order chi connectivity index (χ1) is 8.64. The largest absolute Gasteiger partial charge is 0.370 e. The molecule has 0 saturated carbocycles. The molecule has 1 fully saturated rings. The van der Waals surface area contributed by atoms with Gasteiger partial charge in [0.15, 0.2) is 0 Å². The fourth-order valence-electron chi connectivity index (χ4n) is 2.51. The Labute approximate surface area is 111 Å². The molecule has 0 aliphatic carbocycles. The molecule has 1 aliphatic rings. The first-order valence-corrected chi connectivity index (χ1v) is 7.25. The zero-order chi connectivity index (χ0) is 12.6. The van der Waals surface area contributed by atoms with Crippen molar-refractivity contribution < 1.29 is 4.74 Å². The van der Waals surface area contributed by atoms with Crippen molar-refractivity contribution in [3.63, 3.8) is 0 Å². The van der Waals surface area contributed by atoms with Crippen LogP contribution in [-0.4, -0.2) is 21.3 Å². The number of hydrogen-bond acceptors (Lipinski definition) is 3. The highest BCUT2D eigenvalue weighted by Gasteiger charge is 2.31. The molecule has 3 heterocycles. The third kappa shape index (κ3) is 2.35. The van der Waals surface area contributed by atoms with Crippen LogP contribution < -0.4 is 0 Å². The molecule has 0 radical (unpaired) electrons. The van der Waals surface area contributed by atoms with E-state index in [1.54, 1.807) is 11.3 Å². The zero-order valence-electron chi connectivity index (χ0n) is 10.8. The van der Waals surface area contributed by atoms with Gasteiger partial charge in [0.25, 0.3) is 0 Å². The predicted octanol–water partition coefficient (Wildman–Crippen LogP) is 3.57. The van der Waals surface area contributed by atoms with Gasteiger partial charge in [0, 0.05) is 12.4 Å². The van der Waals surface area contributed by atoms with E-state index in [1.807, 2.05) is 12.4 Å². The molecule has 0 aromatic carbocycles. The third-order valence-corrected chi connectivity index (χ3v) is 4.28. The molecule has 3 nitrogen and oxygen atoms in total. The lowest BCUT2D eigenvalue weighted by Gasteiger charge is -2.20. The highest BCUT2D eigenvalue weighted by molar-refractivity contribution is 7.13. The summed E-state index contributed by atoms with van der Waals surface area (Å²) in [5, 5.41) is 2.09. The molecule has 1 unspecified atom stereocenters. The maximum Gasteiger partial charge on any atom is 0.150 e. The Morgan fingerprint density at radius 1 is 1.56 bits per heavy atom. The quantitative estimate of drug-likeness (QED) is 0.845. The van der Waals surface area contributed by atoms with Gasteiger partial charge in [-0.25, -0.2) is 4.98 Å². The van der Waals surface area contributed by atoms with Gasteiger partial charge in [0.05, 0.1) is 23.1 Å². The van der Waals surface area contributed by atoms with Crippen molar-refractivity contribution in [3.05, 3.63) is 29.9 Å². The molecule has 0 N–H and O–H groups in total. The van der Waals surface area contributed by atoms with E-state index in [-0.39, 0.29) is 5.60 Å². The Morgan fingerprint density at radius 2 is 2.44 bits per heavy atom. The number of nitrogens with zero attached hydrogens (tertiary/aromatic N) is 2. The lowest BCUT2D eigenvalue weighted by molar-refractivity contribution is -0.0215. The Balaban J connectivity index is 1.77. The topological polar surface area (TPSA) is 27.1 Å². The smallest absolute Gasteiger partial charge is 0.150 e.